The van der Waals surface area contributed by atoms with Gasteiger partial charge in [0.05, 0.1) is 6.42 Å². The molecule has 2 aromatic carbocycles. The highest BCUT2D eigenvalue weighted by Gasteiger charge is 2.07. The Morgan fingerprint density at radius 1 is 1.10 bits per heavy atom. The maximum Gasteiger partial charge on any atom is 0.251 e. The fraction of sp³-hybridized carbons (Fsp3) is 0.125. The molecule has 0 aliphatic carbocycles. The van der Waals surface area contributed by atoms with Gasteiger partial charge in [-0.2, -0.15) is 0 Å². The van der Waals surface area contributed by atoms with Crippen molar-refractivity contribution in [2.75, 3.05) is 12.4 Å². The summed E-state index contributed by atoms with van der Waals surface area (Å²) in [5.74, 6) is -0.305. The molecule has 2 aromatic rings. The van der Waals surface area contributed by atoms with Crippen LogP contribution < -0.4 is 10.6 Å². The molecule has 0 aromatic heterocycles. The predicted octanol–water partition coefficient (Wildman–Crippen LogP) is 2.99. The summed E-state index contributed by atoms with van der Waals surface area (Å²) in [6, 6.07) is 14.4. The van der Waals surface area contributed by atoms with Gasteiger partial charge in [-0.25, -0.2) is 0 Å². The molecule has 0 bridgehead atoms. The first-order chi connectivity index (χ1) is 10.1. The summed E-state index contributed by atoms with van der Waals surface area (Å²) in [7, 11) is 1.57. The maximum absolute atomic E-state index is 12.0. The Labute approximate surface area is 131 Å². The van der Waals surface area contributed by atoms with Crippen LogP contribution in [0.5, 0.6) is 0 Å². The highest BCUT2D eigenvalue weighted by Crippen LogP contribution is 2.14. The number of halogens is 1. The van der Waals surface area contributed by atoms with E-state index >= 15 is 0 Å². The predicted molar refractivity (Wildman–Crippen MR) is 86.3 cm³/mol. The van der Waals surface area contributed by atoms with Gasteiger partial charge in [0.1, 0.15) is 0 Å². The number of benzene rings is 2. The molecule has 4 nitrogen and oxygen atoms in total. The van der Waals surface area contributed by atoms with Crippen LogP contribution in [0.4, 0.5) is 5.69 Å². The molecule has 0 aliphatic heterocycles. The Morgan fingerprint density at radius 3 is 2.57 bits per heavy atom. The van der Waals surface area contributed by atoms with Crippen LogP contribution in [0.25, 0.3) is 0 Å². The third-order valence-electron chi connectivity index (χ3n) is 2.89. The third-order valence-corrected chi connectivity index (χ3v) is 3.38. The lowest BCUT2D eigenvalue weighted by Gasteiger charge is -2.07. The van der Waals surface area contributed by atoms with Gasteiger partial charge in [0.2, 0.25) is 5.91 Å². The number of anilines is 1. The summed E-state index contributed by atoms with van der Waals surface area (Å²) in [5.41, 5.74) is 2.04. The Morgan fingerprint density at radius 2 is 1.86 bits per heavy atom. The van der Waals surface area contributed by atoms with Crippen molar-refractivity contribution in [3.8, 4) is 0 Å². The van der Waals surface area contributed by atoms with Gasteiger partial charge in [-0.15, -0.1) is 0 Å². The lowest BCUT2D eigenvalue weighted by Crippen LogP contribution is -2.19. The third kappa shape index (κ3) is 4.43. The van der Waals surface area contributed by atoms with Crippen LogP contribution in [0.2, 0.25) is 0 Å². The topological polar surface area (TPSA) is 58.2 Å². The van der Waals surface area contributed by atoms with Gasteiger partial charge in [-0.05, 0) is 35.9 Å². The summed E-state index contributed by atoms with van der Waals surface area (Å²) < 4.78 is 0.939. The fourth-order valence-electron chi connectivity index (χ4n) is 1.92. The van der Waals surface area contributed by atoms with Crippen molar-refractivity contribution in [3.63, 3.8) is 0 Å². The maximum atomic E-state index is 12.0. The van der Waals surface area contributed by atoms with Crippen molar-refractivity contribution in [1.82, 2.24) is 5.32 Å². The number of carbonyl (C=O) groups excluding carboxylic acids is 2. The quantitative estimate of drug-likeness (QED) is 0.893. The Hall–Kier alpha value is -2.14. The summed E-state index contributed by atoms with van der Waals surface area (Å²) in [4.78, 5) is 23.6. The van der Waals surface area contributed by atoms with Crippen LogP contribution >= 0.6 is 15.9 Å². The van der Waals surface area contributed by atoms with Crippen molar-refractivity contribution < 1.29 is 9.59 Å². The number of carbonyl (C=O) groups is 2. The van der Waals surface area contributed by atoms with Gasteiger partial charge in [0, 0.05) is 22.8 Å². The summed E-state index contributed by atoms with van der Waals surface area (Å²) >= 11 is 3.38. The minimum Gasteiger partial charge on any atom is -0.355 e. The zero-order valence-corrected chi connectivity index (χ0v) is 13.1. The molecule has 108 valence electrons. The van der Waals surface area contributed by atoms with Crippen LogP contribution in [-0.4, -0.2) is 18.9 Å². The molecule has 2 rings (SSSR count). The molecule has 2 N–H and O–H groups in total. The van der Waals surface area contributed by atoms with Crippen molar-refractivity contribution in [2.45, 2.75) is 6.42 Å². The SMILES string of the molecule is CNC(=O)c1cccc(NC(=O)Cc2cccc(Br)c2)c1. The average Bonchev–Trinajstić information content (AvgIpc) is 2.46. The van der Waals surface area contributed by atoms with E-state index in [0.29, 0.717) is 11.3 Å². The standard InChI is InChI=1S/C16H15BrN2O2/c1-18-16(21)12-5-3-7-14(10-12)19-15(20)9-11-4-2-6-13(17)8-11/h2-8,10H,9H2,1H3,(H,18,21)(H,19,20). The smallest absolute Gasteiger partial charge is 0.251 e. The molecule has 0 atom stereocenters. The number of amides is 2. The normalized spacial score (nSPS) is 10.0. The molecule has 2 amide bonds. The van der Waals surface area contributed by atoms with Gasteiger partial charge >= 0.3 is 0 Å². The molecule has 0 aliphatic rings. The second kappa shape index (κ2) is 7.04. The molecule has 0 saturated heterocycles. The minimum absolute atomic E-state index is 0.123. The molecule has 0 radical (unpaired) electrons. The Kier molecular flexibility index (Phi) is 5.11. The number of nitrogens with one attached hydrogen (secondary N) is 2. The van der Waals surface area contributed by atoms with Crippen LogP contribution in [0.1, 0.15) is 15.9 Å². The molecular weight excluding hydrogens is 332 g/mol. The molecule has 0 unspecified atom stereocenters. The average molecular weight is 347 g/mol. The monoisotopic (exact) mass is 346 g/mol. The molecule has 0 fully saturated rings. The highest BCUT2D eigenvalue weighted by molar-refractivity contribution is 9.10. The highest BCUT2D eigenvalue weighted by atomic mass is 79.9. The molecule has 0 heterocycles. The van der Waals surface area contributed by atoms with Gasteiger partial charge in [-0.1, -0.05) is 34.1 Å². The van der Waals surface area contributed by atoms with Crippen LogP contribution in [0.3, 0.4) is 0 Å². The van der Waals surface area contributed by atoms with Crippen molar-refractivity contribution in [1.29, 1.82) is 0 Å². The second-order valence-corrected chi connectivity index (χ2v) is 5.43. The van der Waals surface area contributed by atoms with Crippen LogP contribution in [-0.2, 0) is 11.2 Å². The molecule has 5 heteroatoms. The summed E-state index contributed by atoms with van der Waals surface area (Å²) in [6.45, 7) is 0. The molecule has 0 spiro atoms. The molecule has 21 heavy (non-hydrogen) atoms. The van der Waals surface area contributed by atoms with Gasteiger partial charge in [-0.3, -0.25) is 9.59 Å². The first-order valence-corrected chi connectivity index (χ1v) is 7.24. The first kappa shape index (κ1) is 15.3. The van der Waals surface area contributed by atoms with Crippen LogP contribution in [0, 0.1) is 0 Å². The summed E-state index contributed by atoms with van der Waals surface area (Å²) in [5, 5.41) is 5.35. The zero-order valence-electron chi connectivity index (χ0n) is 11.5. The summed E-state index contributed by atoms with van der Waals surface area (Å²) in [6.07, 6.45) is 0.281. The zero-order chi connectivity index (χ0) is 15.2. The van der Waals surface area contributed by atoms with Gasteiger partial charge in [0.15, 0.2) is 0 Å². The van der Waals surface area contributed by atoms with E-state index in [1.54, 1.807) is 31.3 Å². The molecule has 0 saturated carbocycles. The van der Waals surface area contributed by atoms with E-state index in [-0.39, 0.29) is 18.2 Å². The van der Waals surface area contributed by atoms with Crippen LogP contribution in [0.15, 0.2) is 53.0 Å². The van der Waals surface area contributed by atoms with E-state index in [1.165, 1.54) is 0 Å². The van der Waals surface area contributed by atoms with E-state index in [4.69, 9.17) is 0 Å². The minimum atomic E-state index is -0.182. The van der Waals surface area contributed by atoms with E-state index in [1.807, 2.05) is 24.3 Å². The van der Waals surface area contributed by atoms with Crippen molar-refractivity contribution >= 4 is 33.4 Å². The number of hydrogen-bond acceptors (Lipinski definition) is 2. The van der Waals surface area contributed by atoms with E-state index in [2.05, 4.69) is 26.6 Å². The Bertz CT molecular complexity index is 671. The van der Waals surface area contributed by atoms with Crippen molar-refractivity contribution in [2.24, 2.45) is 0 Å². The largest absolute Gasteiger partial charge is 0.355 e. The lowest BCUT2D eigenvalue weighted by molar-refractivity contribution is -0.115. The second-order valence-electron chi connectivity index (χ2n) is 4.51. The van der Waals surface area contributed by atoms with Gasteiger partial charge in [0.25, 0.3) is 5.91 Å². The fourth-order valence-corrected chi connectivity index (χ4v) is 2.37. The van der Waals surface area contributed by atoms with E-state index in [9.17, 15) is 9.59 Å². The first-order valence-electron chi connectivity index (χ1n) is 6.45. The number of rotatable bonds is 4. The molecular formula is C16H15BrN2O2. The van der Waals surface area contributed by atoms with E-state index < -0.39 is 0 Å². The lowest BCUT2D eigenvalue weighted by atomic mass is 10.1. The van der Waals surface area contributed by atoms with E-state index in [0.717, 1.165) is 10.0 Å². The van der Waals surface area contributed by atoms with Crippen molar-refractivity contribution in [3.05, 3.63) is 64.1 Å². The Balaban J connectivity index is 2.04. The van der Waals surface area contributed by atoms with Gasteiger partial charge < -0.3 is 10.6 Å². The number of hydrogen-bond donors (Lipinski definition) is 2.